The van der Waals surface area contributed by atoms with Crippen LogP contribution in [0.5, 0.6) is 0 Å². The highest BCUT2D eigenvalue weighted by Gasteiger charge is 2.09. The molecule has 0 bridgehead atoms. The van der Waals surface area contributed by atoms with Gasteiger partial charge in [0.05, 0.1) is 0 Å². The number of nitrogens with zero attached hydrogens (tertiary/aromatic N) is 1. The number of rotatable bonds is 4. The van der Waals surface area contributed by atoms with E-state index in [1.165, 1.54) is 5.56 Å². The topological polar surface area (TPSA) is 30.0 Å². The molecule has 2 heteroatoms. The van der Waals surface area contributed by atoms with E-state index in [0.29, 0.717) is 12.1 Å². The number of hydrogen-bond donors (Lipinski definition) is 0. The maximum absolute atomic E-state index is 12.0. The van der Waals surface area contributed by atoms with Crippen molar-refractivity contribution in [3.05, 3.63) is 65.5 Å². The molecule has 0 aliphatic heterocycles. The maximum Gasteiger partial charge on any atom is 0.185 e. The van der Waals surface area contributed by atoms with Crippen molar-refractivity contribution in [1.29, 1.82) is 0 Å². The molecule has 0 radical (unpaired) electrons. The lowest BCUT2D eigenvalue weighted by atomic mass is 9.99. The Labute approximate surface area is 101 Å². The van der Waals surface area contributed by atoms with Crippen molar-refractivity contribution in [1.82, 2.24) is 4.98 Å². The fourth-order valence-corrected chi connectivity index (χ4v) is 1.87. The van der Waals surface area contributed by atoms with E-state index in [4.69, 9.17) is 0 Å². The average Bonchev–Trinajstić information content (AvgIpc) is 2.40. The lowest BCUT2D eigenvalue weighted by Crippen LogP contribution is -2.07. The Kier molecular flexibility index (Phi) is 3.66. The van der Waals surface area contributed by atoms with E-state index in [0.717, 1.165) is 12.0 Å². The summed E-state index contributed by atoms with van der Waals surface area (Å²) in [5.74, 6) is 0.0755. The second kappa shape index (κ2) is 5.39. The molecule has 0 saturated carbocycles. The number of ketones is 1. The van der Waals surface area contributed by atoms with E-state index in [-0.39, 0.29) is 5.78 Å². The summed E-state index contributed by atoms with van der Waals surface area (Å²) in [7, 11) is 0. The monoisotopic (exact) mass is 225 g/mol. The van der Waals surface area contributed by atoms with Crippen LogP contribution in [0.1, 0.15) is 28.5 Å². The fourth-order valence-electron chi connectivity index (χ4n) is 1.87. The normalized spacial score (nSPS) is 10.2. The van der Waals surface area contributed by atoms with Crippen LogP contribution in [-0.2, 0) is 12.8 Å². The number of carbonyl (C=O) groups is 1. The molecule has 1 aromatic heterocycles. The lowest BCUT2D eigenvalue weighted by Gasteiger charge is -2.06. The third-order valence-corrected chi connectivity index (χ3v) is 2.80. The first kappa shape index (κ1) is 11.5. The minimum absolute atomic E-state index is 0.0755. The average molecular weight is 225 g/mol. The highest BCUT2D eigenvalue weighted by Crippen LogP contribution is 2.12. The first-order valence-electron chi connectivity index (χ1n) is 5.82. The molecule has 0 spiro atoms. The van der Waals surface area contributed by atoms with Gasteiger partial charge in [0, 0.05) is 12.6 Å². The zero-order valence-electron chi connectivity index (χ0n) is 9.89. The third kappa shape index (κ3) is 2.78. The summed E-state index contributed by atoms with van der Waals surface area (Å²) < 4.78 is 0. The Bertz CT molecular complexity index is 505. The molecule has 2 aromatic rings. The zero-order valence-corrected chi connectivity index (χ0v) is 9.89. The Balaban J connectivity index is 2.19. The highest BCUT2D eigenvalue weighted by atomic mass is 16.1. The number of pyridine rings is 1. The quantitative estimate of drug-likeness (QED) is 0.748. The van der Waals surface area contributed by atoms with Crippen molar-refractivity contribution in [2.75, 3.05) is 0 Å². The van der Waals surface area contributed by atoms with Gasteiger partial charge in [-0.25, -0.2) is 0 Å². The van der Waals surface area contributed by atoms with Crippen LogP contribution in [0.15, 0.2) is 48.7 Å². The van der Waals surface area contributed by atoms with Crippen molar-refractivity contribution >= 4 is 5.78 Å². The summed E-state index contributed by atoms with van der Waals surface area (Å²) in [5, 5.41) is 0. The predicted molar refractivity (Wildman–Crippen MR) is 68.1 cm³/mol. The van der Waals surface area contributed by atoms with Crippen LogP contribution in [0.4, 0.5) is 0 Å². The standard InChI is InChI=1S/C15H15NO/c1-2-12-7-3-4-8-13(12)11-15(17)14-9-5-6-10-16-14/h3-10H,2,11H2,1H3. The van der Waals surface area contributed by atoms with Crippen molar-refractivity contribution in [3.8, 4) is 0 Å². The van der Waals surface area contributed by atoms with Gasteiger partial charge in [0.2, 0.25) is 0 Å². The summed E-state index contributed by atoms with van der Waals surface area (Å²) in [5.41, 5.74) is 2.88. The molecule has 2 rings (SSSR count). The molecular formula is C15H15NO. The summed E-state index contributed by atoms with van der Waals surface area (Å²) >= 11 is 0. The van der Waals surface area contributed by atoms with E-state index >= 15 is 0 Å². The van der Waals surface area contributed by atoms with Gasteiger partial charge in [0.15, 0.2) is 5.78 Å². The van der Waals surface area contributed by atoms with Crippen LogP contribution >= 0.6 is 0 Å². The molecule has 0 amide bonds. The zero-order chi connectivity index (χ0) is 12.1. The summed E-state index contributed by atoms with van der Waals surface area (Å²) in [6.07, 6.45) is 3.03. The molecule has 0 aliphatic rings. The van der Waals surface area contributed by atoms with Gasteiger partial charge in [-0.15, -0.1) is 0 Å². The van der Waals surface area contributed by atoms with Gasteiger partial charge in [-0.1, -0.05) is 37.3 Å². The Morgan fingerprint density at radius 1 is 1.06 bits per heavy atom. The van der Waals surface area contributed by atoms with Crippen molar-refractivity contribution < 1.29 is 4.79 Å². The van der Waals surface area contributed by atoms with Gasteiger partial charge in [-0.3, -0.25) is 9.78 Å². The van der Waals surface area contributed by atoms with Crippen molar-refractivity contribution in [3.63, 3.8) is 0 Å². The van der Waals surface area contributed by atoms with Crippen molar-refractivity contribution in [2.45, 2.75) is 19.8 Å². The predicted octanol–water partition coefficient (Wildman–Crippen LogP) is 3.07. The van der Waals surface area contributed by atoms with Crippen LogP contribution in [-0.4, -0.2) is 10.8 Å². The largest absolute Gasteiger partial charge is 0.292 e. The Morgan fingerprint density at radius 2 is 1.76 bits per heavy atom. The molecular weight excluding hydrogens is 210 g/mol. The minimum atomic E-state index is 0.0755. The summed E-state index contributed by atoms with van der Waals surface area (Å²) in [6.45, 7) is 2.10. The Morgan fingerprint density at radius 3 is 2.41 bits per heavy atom. The van der Waals surface area contributed by atoms with Crippen LogP contribution in [0.2, 0.25) is 0 Å². The van der Waals surface area contributed by atoms with E-state index in [9.17, 15) is 4.79 Å². The maximum atomic E-state index is 12.0. The summed E-state index contributed by atoms with van der Waals surface area (Å²) in [4.78, 5) is 16.1. The van der Waals surface area contributed by atoms with Crippen LogP contribution < -0.4 is 0 Å². The lowest BCUT2D eigenvalue weighted by molar-refractivity contribution is 0.0988. The number of aromatic nitrogens is 1. The van der Waals surface area contributed by atoms with Gasteiger partial charge >= 0.3 is 0 Å². The van der Waals surface area contributed by atoms with E-state index in [1.807, 2.05) is 30.3 Å². The molecule has 0 unspecified atom stereocenters. The molecule has 0 atom stereocenters. The molecule has 0 saturated heterocycles. The fraction of sp³-hybridized carbons (Fsp3) is 0.200. The molecule has 0 fully saturated rings. The second-order valence-electron chi connectivity index (χ2n) is 3.94. The number of benzene rings is 1. The molecule has 2 nitrogen and oxygen atoms in total. The first-order chi connectivity index (χ1) is 8.31. The molecule has 17 heavy (non-hydrogen) atoms. The van der Waals surface area contributed by atoms with E-state index in [1.54, 1.807) is 12.3 Å². The van der Waals surface area contributed by atoms with Gasteiger partial charge in [-0.2, -0.15) is 0 Å². The SMILES string of the molecule is CCc1ccccc1CC(=O)c1ccccn1. The van der Waals surface area contributed by atoms with Crippen molar-refractivity contribution in [2.24, 2.45) is 0 Å². The van der Waals surface area contributed by atoms with Gasteiger partial charge < -0.3 is 0 Å². The summed E-state index contributed by atoms with van der Waals surface area (Å²) in [6, 6.07) is 13.5. The number of hydrogen-bond acceptors (Lipinski definition) is 2. The molecule has 1 aromatic carbocycles. The molecule has 1 heterocycles. The number of Topliss-reactive ketones (excluding diaryl/α,β-unsaturated/α-hetero) is 1. The van der Waals surface area contributed by atoms with Gasteiger partial charge in [0.25, 0.3) is 0 Å². The van der Waals surface area contributed by atoms with Gasteiger partial charge in [0.1, 0.15) is 5.69 Å². The highest BCUT2D eigenvalue weighted by molar-refractivity contribution is 5.95. The third-order valence-electron chi connectivity index (χ3n) is 2.80. The second-order valence-corrected chi connectivity index (χ2v) is 3.94. The molecule has 0 aliphatic carbocycles. The van der Waals surface area contributed by atoms with E-state index in [2.05, 4.69) is 18.0 Å². The van der Waals surface area contributed by atoms with Crippen LogP contribution in [0, 0.1) is 0 Å². The minimum Gasteiger partial charge on any atom is -0.292 e. The van der Waals surface area contributed by atoms with E-state index < -0.39 is 0 Å². The Hall–Kier alpha value is -1.96. The van der Waals surface area contributed by atoms with Gasteiger partial charge in [-0.05, 0) is 29.7 Å². The van der Waals surface area contributed by atoms with Crippen LogP contribution in [0.3, 0.4) is 0 Å². The molecule has 0 N–H and O–H groups in total. The number of aryl methyl sites for hydroxylation is 1. The first-order valence-corrected chi connectivity index (χ1v) is 5.82. The van der Waals surface area contributed by atoms with Crippen LogP contribution in [0.25, 0.3) is 0 Å². The molecule has 86 valence electrons. The smallest absolute Gasteiger partial charge is 0.185 e. The number of carbonyl (C=O) groups excluding carboxylic acids is 1.